The van der Waals surface area contributed by atoms with Gasteiger partial charge in [0.15, 0.2) is 5.72 Å². The van der Waals surface area contributed by atoms with Gasteiger partial charge in [-0.05, 0) is 26.2 Å². The van der Waals surface area contributed by atoms with Crippen molar-refractivity contribution in [3.63, 3.8) is 0 Å². The molecule has 1 aromatic carbocycles. The Morgan fingerprint density at radius 1 is 1.50 bits per heavy atom. The van der Waals surface area contributed by atoms with Crippen LogP contribution in [-0.4, -0.2) is 30.3 Å². The van der Waals surface area contributed by atoms with E-state index in [1.807, 2.05) is 44.4 Å². The highest BCUT2D eigenvalue weighted by atomic mass is 32.2. The number of nitrogens with one attached hydrogen (secondary N) is 1. The van der Waals surface area contributed by atoms with Crippen LogP contribution in [0.4, 0.5) is 0 Å². The minimum atomic E-state index is -0.466. The van der Waals surface area contributed by atoms with E-state index in [0.717, 1.165) is 34.8 Å². The van der Waals surface area contributed by atoms with Crippen LogP contribution < -0.4 is 10.1 Å². The summed E-state index contributed by atoms with van der Waals surface area (Å²) in [4.78, 5) is 12.5. The predicted molar refractivity (Wildman–Crippen MR) is 88.0 cm³/mol. The zero-order chi connectivity index (χ0) is 15.7. The van der Waals surface area contributed by atoms with E-state index in [-0.39, 0.29) is 11.9 Å². The van der Waals surface area contributed by atoms with Crippen LogP contribution >= 0.6 is 11.8 Å². The minimum absolute atomic E-state index is 0.0259. The monoisotopic (exact) mass is 319 g/mol. The van der Waals surface area contributed by atoms with Crippen molar-refractivity contribution in [3.8, 4) is 5.75 Å². The molecule has 0 aliphatic carbocycles. The first-order chi connectivity index (χ1) is 10.5. The third kappa shape index (κ3) is 2.70. The molecule has 0 aromatic heterocycles. The Morgan fingerprint density at radius 2 is 2.27 bits per heavy atom. The van der Waals surface area contributed by atoms with Crippen LogP contribution in [-0.2, 0) is 9.53 Å². The zero-order valence-corrected chi connectivity index (χ0v) is 14.0. The van der Waals surface area contributed by atoms with E-state index in [4.69, 9.17) is 9.47 Å². The molecule has 2 bridgehead atoms. The fraction of sp³-hybridized carbons (Fsp3) is 0.471. The van der Waals surface area contributed by atoms with Crippen molar-refractivity contribution in [2.75, 3.05) is 18.6 Å². The van der Waals surface area contributed by atoms with Gasteiger partial charge >= 0.3 is 5.97 Å². The molecule has 0 amide bonds. The second-order valence-electron chi connectivity index (χ2n) is 5.92. The summed E-state index contributed by atoms with van der Waals surface area (Å²) in [6.07, 6.45) is 2.73. The van der Waals surface area contributed by atoms with Crippen LogP contribution in [0.2, 0.25) is 0 Å². The molecular formula is C17H21NO3S. The molecule has 0 radical (unpaired) electrons. The van der Waals surface area contributed by atoms with Gasteiger partial charge in [0, 0.05) is 29.4 Å². The molecule has 1 N–H and O–H groups in total. The minimum Gasteiger partial charge on any atom is -0.468 e. The smallest absolute Gasteiger partial charge is 0.336 e. The van der Waals surface area contributed by atoms with Gasteiger partial charge in [0.05, 0.1) is 5.57 Å². The van der Waals surface area contributed by atoms with Gasteiger partial charge in [-0.3, -0.25) is 0 Å². The first-order valence-corrected chi connectivity index (χ1v) is 8.86. The Balaban J connectivity index is 1.94. The number of carbonyl (C=O) groups is 1. The topological polar surface area (TPSA) is 47.6 Å². The Kier molecular flexibility index (Phi) is 4.08. The third-order valence-electron chi connectivity index (χ3n) is 4.17. The molecule has 2 aliphatic rings. The molecule has 2 heterocycles. The summed E-state index contributed by atoms with van der Waals surface area (Å²) in [6.45, 7) is 4.39. The number of benzene rings is 1. The maximum absolute atomic E-state index is 12.5. The van der Waals surface area contributed by atoms with Gasteiger partial charge in [0.25, 0.3) is 0 Å². The largest absolute Gasteiger partial charge is 0.468 e. The Labute approximate surface area is 135 Å². The summed E-state index contributed by atoms with van der Waals surface area (Å²) in [5.41, 5.74) is 2.18. The normalized spacial score (nSPS) is 25.9. The number of rotatable bonds is 4. The Bertz CT molecular complexity index is 628. The number of allylic oxidation sites excluding steroid dienone is 1. The quantitative estimate of drug-likeness (QED) is 0.683. The fourth-order valence-corrected chi connectivity index (χ4v) is 3.55. The van der Waals surface area contributed by atoms with E-state index in [0.29, 0.717) is 6.61 Å². The van der Waals surface area contributed by atoms with E-state index < -0.39 is 5.72 Å². The Morgan fingerprint density at radius 3 is 3.05 bits per heavy atom. The molecule has 0 saturated carbocycles. The molecule has 2 atom stereocenters. The van der Waals surface area contributed by atoms with Gasteiger partial charge < -0.3 is 14.8 Å². The van der Waals surface area contributed by atoms with E-state index >= 15 is 0 Å². The van der Waals surface area contributed by atoms with E-state index in [1.165, 1.54) is 0 Å². The lowest BCUT2D eigenvalue weighted by Crippen LogP contribution is -2.54. The number of thioether (sulfide) groups is 1. The van der Waals surface area contributed by atoms with Crippen molar-refractivity contribution in [2.45, 2.75) is 31.9 Å². The highest BCUT2D eigenvalue weighted by Crippen LogP contribution is 2.47. The highest BCUT2D eigenvalue weighted by Gasteiger charge is 2.45. The molecule has 118 valence electrons. The van der Waals surface area contributed by atoms with Crippen LogP contribution in [0.1, 0.15) is 31.7 Å². The summed E-state index contributed by atoms with van der Waals surface area (Å²) >= 11 is 1.67. The molecule has 0 unspecified atom stereocenters. The van der Waals surface area contributed by atoms with E-state index in [2.05, 4.69) is 5.32 Å². The summed E-state index contributed by atoms with van der Waals surface area (Å²) in [5, 5.41) is 3.34. The van der Waals surface area contributed by atoms with Crippen molar-refractivity contribution >= 4 is 17.7 Å². The number of carbonyl (C=O) groups excluding carboxylic acids is 1. The van der Waals surface area contributed by atoms with Crippen LogP contribution in [0.25, 0.3) is 0 Å². The number of para-hydroxylation sites is 1. The molecule has 3 rings (SSSR count). The van der Waals surface area contributed by atoms with Crippen molar-refractivity contribution in [1.82, 2.24) is 5.32 Å². The van der Waals surface area contributed by atoms with Gasteiger partial charge in [-0.15, -0.1) is 0 Å². The zero-order valence-electron chi connectivity index (χ0n) is 13.1. The van der Waals surface area contributed by atoms with E-state index in [9.17, 15) is 4.79 Å². The van der Waals surface area contributed by atoms with Crippen molar-refractivity contribution in [1.29, 1.82) is 0 Å². The van der Waals surface area contributed by atoms with Crippen molar-refractivity contribution in [2.24, 2.45) is 0 Å². The van der Waals surface area contributed by atoms with Gasteiger partial charge in [0.1, 0.15) is 12.4 Å². The maximum Gasteiger partial charge on any atom is 0.336 e. The Hall–Kier alpha value is -1.62. The number of ether oxygens (including phenoxy) is 2. The summed E-state index contributed by atoms with van der Waals surface area (Å²) in [5.74, 6) is 1.46. The molecular weight excluding hydrogens is 298 g/mol. The summed E-state index contributed by atoms with van der Waals surface area (Å²) in [7, 11) is 0. The lowest BCUT2D eigenvalue weighted by Gasteiger charge is -2.45. The number of hydrogen-bond acceptors (Lipinski definition) is 5. The number of fused-ring (bicyclic) bond motifs is 4. The molecule has 22 heavy (non-hydrogen) atoms. The van der Waals surface area contributed by atoms with Crippen molar-refractivity contribution < 1.29 is 14.3 Å². The highest BCUT2D eigenvalue weighted by molar-refractivity contribution is 7.98. The molecule has 0 saturated heterocycles. The fourth-order valence-electron chi connectivity index (χ4n) is 3.30. The van der Waals surface area contributed by atoms with Crippen LogP contribution in [0.3, 0.4) is 0 Å². The van der Waals surface area contributed by atoms with Gasteiger partial charge in [-0.1, -0.05) is 18.2 Å². The second kappa shape index (κ2) is 5.88. The number of hydrogen-bond donors (Lipinski definition) is 1. The van der Waals surface area contributed by atoms with Gasteiger partial charge in [-0.2, -0.15) is 11.8 Å². The lowest BCUT2D eigenvalue weighted by molar-refractivity contribution is -0.139. The average Bonchev–Trinajstić information content (AvgIpc) is 2.46. The molecule has 5 heteroatoms. The molecule has 0 spiro atoms. The lowest BCUT2D eigenvalue weighted by atomic mass is 9.78. The molecule has 4 nitrogen and oxygen atoms in total. The summed E-state index contributed by atoms with van der Waals surface area (Å²) in [6, 6.07) is 7.93. The van der Waals surface area contributed by atoms with Crippen LogP contribution in [0, 0.1) is 0 Å². The van der Waals surface area contributed by atoms with Gasteiger partial charge in [-0.25, -0.2) is 4.79 Å². The number of esters is 1. The van der Waals surface area contributed by atoms with Gasteiger partial charge in [0.2, 0.25) is 0 Å². The molecule has 2 aliphatic heterocycles. The molecule has 1 aromatic rings. The average molecular weight is 319 g/mol. The van der Waals surface area contributed by atoms with Crippen LogP contribution in [0.5, 0.6) is 5.75 Å². The maximum atomic E-state index is 12.5. The standard InChI is InChI=1S/C17H21NO3S/c1-11-15(16(19)20-8-9-22-3)13-10-17(2,18-11)21-14-7-5-4-6-12(13)14/h4-7,13,18H,8-10H2,1-3H3/t13-,17+/m1/s1. The van der Waals surface area contributed by atoms with E-state index in [1.54, 1.807) is 11.8 Å². The SMILES string of the molecule is CSCCOC(=O)C1=C(C)N[C@]2(C)C[C@@H]1c1ccccc1O2. The van der Waals surface area contributed by atoms with Crippen LogP contribution in [0.15, 0.2) is 35.5 Å². The molecule has 0 fully saturated rings. The second-order valence-corrected chi connectivity index (χ2v) is 6.91. The first kappa shape index (κ1) is 15.3. The third-order valence-corrected chi connectivity index (χ3v) is 4.74. The summed E-state index contributed by atoms with van der Waals surface area (Å²) < 4.78 is 11.5. The first-order valence-electron chi connectivity index (χ1n) is 7.47. The van der Waals surface area contributed by atoms with Crippen molar-refractivity contribution in [3.05, 3.63) is 41.1 Å². The predicted octanol–water partition coefficient (Wildman–Crippen LogP) is 3.05.